The molecule has 10 nitrogen and oxygen atoms in total. The van der Waals surface area contributed by atoms with Crippen LogP contribution in [0, 0.1) is 17.5 Å². The summed E-state index contributed by atoms with van der Waals surface area (Å²) in [5.74, 6) is -6.21. The highest BCUT2D eigenvalue weighted by atomic mass is 19.2. The highest BCUT2D eigenvalue weighted by Crippen LogP contribution is 2.47. The van der Waals surface area contributed by atoms with E-state index < -0.39 is 69.9 Å². The van der Waals surface area contributed by atoms with E-state index in [0.29, 0.717) is 37.9 Å². The van der Waals surface area contributed by atoms with Crippen LogP contribution in [0.3, 0.4) is 0 Å². The van der Waals surface area contributed by atoms with Gasteiger partial charge >= 0.3 is 0 Å². The van der Waals surface area contributed by atoms with Gasteiger partial charge in [-0.05, 0) is 25.8 Å². The second-order valence-electron chi connectivity index (χ2n) is 9.77. The number of amides is 2. The van der Waals surface area contributed by atoms with E-state index in [4.69, 9.17) is 9.57 Å². The molecule has 3 atom stereocenters. The van der Waals surface area contributed by atoms with E-state index in [1.807, 2.05) is 0 Å². The van der Waals surface area contributed by atoms with Crippen LogP contribution in [-0.2, 0) is 16.1 Å². The predicted octanol–water partition coefficient (Wildman–Crippen LogP) is 1.72. The summed E-state index contributed by atoms with van der Waals surface area (Å²) in [6, 6.07) is 0.360. The first-order valence-corrected chi connectivity index (χ1v) is 11.7. The molecule has 1 aromatic heterocycles. The molecule has 3 N–H and O–H groups in total. The van der Waals surface area contributed by atoms with E-state index in [1.54, 1.807) is 6.92 Å². The lowest BCUT2D eigenvalue weighted by molar-refractivity contribution is -0.120. The second kappa shape index (κ2) is 8.85. The van der Waals surface area contributed by atoms with Crippen molar-refractivity contribution in [1.82, 2.24) is 20.3 Å². The Bertz CT molecular complexity index is 1370. The lowest BCUT2D eigenvalue weighted by Gasteiger charge is -2.41. The lowest BCUT2D eigenvalue weighted by Crippen LogP contribution is -2.51. The van der Waals surface area contributed by atoms with Crippen LogP contribution in [0.25, 0.3) is 0 Å². The van der Waals surface area contributed by atoms with Crippen molar-refractivity contribution in [3.8, 4) is 5.75 Å². The van der Waals surface area contributed by atoms with Crippen molar-refractivity contribution < 1.29 is 37.4 Å². The number of ether oxygens (including phenoxy) is 1. The fraction of sp³-hybridized carbons (Fsp3) is 0.458. The van der Waals surface area contributed by atoms with Gasteiger partial charge in [-0.25, -0.2) is 13.2 Å². The molecule has 1 aromatic carbocycles. The SMILES string of the molecule is COC1(C)C[C@]2(CCCN3C[C@H]2n2cc(C(=O)NCc4cc(F)c(F)cc4F)c(=O)c(O)c2C3=O)ON1. The maximum Gasteiger partial charge on any atom is 0.274 e. The zero-order chi connectivity index (χ0) is 26.7. The number of aromatic nitrogens is 1. The molecule has 2 saturated heterocycles. The van der Waals surface area contributed by atoms with E-state index in [-0.39, 0.29) is 17.8 Å². The van der Waals surface area contributed by atoms with E-state index in [2.05, 4.69) is 10.8 Å². The molecule has 0 aliphatic carbocycles. The average molecular weight is 522 g/mol. The molecule has 2 fully saturated rings. The first-order chi connectivity index (χ1) is 17.5. The quantitative estimate of drug-likeness (QED) is 0.523. The van der Waals surface area contributed by atoms with Gasteiger partial charge in [0, 0.05) is 51.0 Å². The van der Waals surface area contributed by atoms with Crippen molar-refractivity contribution in [3.63, 3.8) is 0 Å². The number of pyridine rings is 1. The molecule has 3 aliphatic heterocycles. The van der Waals surface area contributed by atoms with Gasteiger partial charge in [0.25, 0.3) is 11.8 Å². The molecule has 4 heterocycles. The summed E-state index contributed by atoms with van der Waals surface area (Å²) in [4.78, 5) is 46.6. The summed E-state index contributed by atoms with van der Waals surface area (Å²) in [7, 11) is 1.53. The molecule has 0 saturated carbocycles. The predicted molar refractivity (Wildman–Crippen MR) is 121 cm³/mol. The van der Waals surface area contributed by atoms with E-state index in [1.165, 1.54) is 22.8 Å². The normalized spacial score (nSPS) is 26.8. The average Bonchev–Trinajstić information content (AvgIpc) is 3.12. The van der Waals surface area contributed by atoms with Crippen LogP contribution in [-0.4, -0.2) is 57.9 Å². The molecule has 1 unspecified atom stereocenters. The Balaban J connectivity index is 1.53. The second-order valence-corrected chi connectivity index (χ2v) is 9.77. The monoisotopic (exact) mass is 522 g/mol. The van der Waals surface area contributed by atoms with Crippen LogP contribution in [0.1, 0.15) is 58.6 Å². The zero-order valence-electron chi connectivity index (χ0n) is 20.1. The van der Waals surface area contributed by atoms with Crippen LogP contribution in [0.4, 0.5) is 13.2 Å². The topological polar surface area (TPSA) is 122 Å². The standard InChI is InChI=1S/C24H25F3N4O6/c1-23(36-2)11-24(37-29-23)4-3-5-30-10-17(24)31-9-13(19(32)20(33)18(31)22(30)35)21(34)28-8-12-6-15(26)16(27)7-14(12)25/h6-7,9,17,29,33H,3-5,8,10-11H2,1-2H3,(H,28,34)/t17-,23?,24+/m1/s1. The summed E-state index contributed by atoms with van der Waals surface area (Å²) in [5.41, 5.74) is -1.03. The highest BCUT2D eigenvalue weighted by Gasteiger charge is 2.56. The van der Waals surface area contributed by atoms with Crippen LogP contribution in [0.5, 0.6) is 5.75 Å². The van der Waals surface area contributed by atoms with E-state index >= 15 is 0 Å². The number of nitrogens with one attached hydrogen (secondary N) is 2. The number of rotatable bonds is 4. The zero-order valence-corrected chi connectivity index (χ0v) is 20.1. The van der Waals surface area contributed by atoms with Crippen molar-refractivity contribution in [2.24, 2.45) is 0 Å². The van der Waals surface area contributed by atoms with Gasteiger partial charge in [-0.2, -0.15) is 5.48 Å². The summed E-state index contributed by atoms with van der Waals surface area (Å²) in [6.07, 6.45) is 2.67. The number of hydrogen-bond donors (Lipinski definition) is 3. The maximum absolute atomic E-state index is 14.0. The summed E-state index contributed by atoms with van der Waals surface area (Å²) in [6.45, 7) is 1.85. The minimum Gasteiger partial charge on any atom is -0.503 e. The number of benzene rings is 1. The molecule has 0 radical (unpaired) electrons. The Labute approximate surface area is 208 Å². The lowest BCUT2D eigenvalue weighted by atomic mass is 9.83. The Hall–Kier alpha value is -3.42. The number of nitrogens with zero attached hydrogens (tertiary/aromatic N) is 2. The summed E-state index contributed by atoms with van der Waals surface area (Å²) < 4.78 is 47.7. The molecule has 2 amide bonds. The largest absolute Gasteiger partial charge is 0.503 e. The Morgan fingerprint density at radius 3 is 2.70 bits per heavy atom. The van der Waals surface area contributed by atoms with Crippen LogP contribution < -0.4 is 16.2 Å². The van der Waals surface area contributed by atoms with Crippen LogP contribution in [0.15, 0.2) is 23.1 Å². The number of hydroxylamine groups is 1. The van der Waals surface area contributed by atoms with Gasteiger partial charge in [0.1, 0.15) is 22.7 Å². The Morgan fingerprint density at radius 2 is 2.00 bits per heavy atom. The minimum absolute atomic E-state index is 0.205. The van der Waals surface area contributed by atoms with Crippen molar-refractivity contribution in [2.75, 3.05) is 20.2 Å². The first-order valence-electron chi connectivity index (χ1n) is 11.7. The molecular formula is C24H25F3N4O6. The molecule has 37 heavy (non-hydrogen) atoms. The van der Waals surface area contributed by atoms with Gasteiger partial charge in [-0.3, -0.25) is 19.2 Å². The fourth-order valence-corrected chi connectivity index (χ4v) is 5.38. The third-order valence-electron chi connectivity index (χ3n) is 7.40. The fourth-order valence-electron chi connectivity index (χ4n) is 5.38. The van der Waals surface area contributed by atoms with Crippen LogP contribution >= 0.6 is 0 Å². The van der Waals surface area contributed by atoms with Crippen LogP contribution in [0.2, 0.25) is 0 Å². The van der Waals surface area contributed by atoms with Gasteiger partial charge in [0.15, 0.2) is 23.1 Å². The van der Waals surface area contributed by atoms with Crippen molar-refractivity contribution >= 4 is 11.8 Å². The third kappa shape index (κ3) is 4.06. The van der Waals surface area contributed by atoms with Gasteiger partial charge in [-0.15, -0.1) is 0 Å². The number of methoxy groups -OCH3 is 1. The third-order valence-corrected chi connectivity index (χ3v) is 7.40. The van der Waals surface area contributed by atoms with Gasteiger partial charge in [-0.1, -0.05) is 0 Å². The number of aromatic hydroxyl groups is 1. The van der Waals surface area contributed by atoms with Gasteiger partial charge < -0.3 is 24.6 Å². The summed E-state index contributed by atoms with van der Waals surface area (Å²) in [5, 5.41) is 13.1. The molecule has 5 rings (SSSR count). The highest BCUT2D eigenvalue weighted by molar-refractivity contribution is 5.99. The maximum atomic E-state index is 14.0. The Morgan fingerprint density at radius 1 is 1.27 bits per heavy atom. The number of halogens is 3. The van der Waals surface area contributed by atoms with E-state index in [9.17, 15) is 32.7 Å². The minimum atomic E-state index is -1.38. The number of fused-ring (bicyclic) bond motifs is 5. The van der Waals surface area contributed by atoms with Gasteiger partial charge in [0.2, 0.25) is 5.43 Å². The molecule has 198 valence electrons. The van der Waals surface area contributed by atoms with Gasteiger partial charge in [0.05, 0.1) is 6.04 Å². The Kier molecular flexibility index (Phi) is 6.04. The smallest absolute Gasteiger partial charge is 0.274 e. The first kappa shape index (κ1) is 25.2. The number of carbonyl (C=O) groups excluding carboxylic acids is 2. The van der Waals surface area contributed by atoms with Crippen molar-refractivity contribution in [3.05, 3.63) is 62.8 Å². The number of hydrogen-bond acceptors (Lipinski definition) is 7. The number of carbonyl (C=O) groups is 2. The van der Waals surface area contributed by atoms with E-state index in [0.717, 1.165) is 0 Å². The molecule has 2 bridgehead atoms. The summed E-state index contributed by atoms with van der Waals surface area (Å²) >= 11 is 0. The van der Waals surface area contributed by atoms with Crippen molar-refractivity contribution in [2.45, 2.75) is 50.1 Å². The van der Waals surface area contributed by atoms with Crippen molar-refractivity contribution in [1.29, 1.82) is 0 Å². The molecule has 3 aliphatic rings. The molecule has 2 aromatic rings. The molecule has 13 heteroatoms. The molecule has 1 spiro atoms. The molecular weight excluding hydrogens is 497 g/mol.